The molecule has 1 N–H and O–H groups in total. The van der Waals surface area contributed by atoms with E-state index in [1.807, 2.05) is 11.4 Å². The number of thiophene rings is 1. The summed E-state index contributed by atoms with van der Waals surface area (Å²) in [7, 11) is 0. The van der Waals surface area contributed by atoms with Gasteiger partial charge in [-0.1, -0.05) is 23.7 Å². The highest BCUT2D eigenvalue weighted by Crippen LogP contribution is 2.16. The summed E-state index contributed by atoms with van der Waals surface area (Å²) in [4.78, 5) is 1.29. The van der Waals surface area contributed by atoms with E-state index in [1.54, 1.807) is 23.5 Å². The Morgan fingerprint density at radius 3 is 2.81 bits per heavy atom. The molecule has 0 aliphatic rings. The lowest BCUT2D eigenvalue weighted by molar-refractivity contribution is 0.625. The second-order valence-electron chi connectivity index (χ2n) is 3.43. The third kappa shape index (κ3) is 3.04. The van der Waals surface area contributed by atoms with Crippen molar-refractivity contribution in [1.29, 1.82) is 0 Å². The fraction of sp³-hybridized carbons (Fsp3) is 0.167. The van der Waals surface area contributed by atoms with Crippen LogP contribution in [-0.4, -0.2) is 0 Å². The number of rotatable bonds is 4. The third-order valence-electron chi connectivity index (χ3n) is 2.19. The molecule has 2 rings (SSSR count). The van der Waals surface area contributed by atoms with E-state index < -0.39 is 0 Å². The SMILES string of the molecule is Fc1ccc(CNCc2cccs2)cc1Cl. The van der Waals surface area contributed by atoms with E-state index in [-0.39, 0.29) is 10.8 Å². The van der Waals surface area contributed by atoms with Crippen LogP contribution in [0, 0.1) is 5.82 Å². The first kappa shape index (κ1) is 11.6. The molecular formula is C12H11ClFNS. The van der Waals surface area contributed by atoms with Crippen molar-refractivity contribution in [3.05, 3.63) is 57.0 Å². The van der Waals surface area contributed by atoms with E-state index in [2.05, 4.69) is 11.4 Å². The lowest BCUT2D eigenvalue weighted by Gasteiger charge is -2.04. The zero-order valence-electron chi connectivity index (χ0n) is 8.54. The van der Waals surface area contributed by atoms with Crippen LogP contribution in [0.4, 0.5) is 4.39 Å². The summed E-state index contributed by atoms with van der Waals surface area (Å²) in [5.74, 6) is -0.372. The fourth-order valence-corrected chi connectivity index (χ4v) is 2.27. The molecule has 0 unspecified atom stereocenters. The first-order chi connectivity index (χ1) is 7.75. The van der Waals surface area contributed by atoms with Crippen LogP contribution >= 0.6 is 22.9 Å². The first-order valence-corrected chi connectivity index (χ1v) is 6.18. The van der Waals surface area contributed by atoms with Gasteiger partial charge < -0.3 is 5.32 Å². The highest BCUT2D eigenvalue weighted by molar-refractivity contribution is 7.09. The predicted octanol–water partition coefficient (Wildman–Crippen LogP) is 3.83. The normalized spacial score (nSPS) is 10.6. The molecule has 0 fully saturated rings. The van der Waals surface area contributed by atoms with Crippen molar-refractivity contribution in [2.24, 2.45) is 0 Å². The van der Waals surface area contributed by atoms with Crippen LogP contribution in [0.1, 0.15) is 10.4 Å². The maximum absolute atomic E-state index is 12.9. The molecule has 0 amide bonds. The van der Waals surface area contributed by atoms with Crippen molar-refractivity contribution in [3.8, 4) is 0 Å². The van der Waals surface area contributed by atoms with Gasteiger partial charge in [-0.2, -0.15) is 0 Å². The van der Waals surface area contributed by atoms with Gasteiger partial charge in [0.05, 0.1) is 5.02 Å². The first-order valence-electron chi connectivity index (χ1n) is 4.93. The van der Waals surface area contributed by atoms with Crippen molar-refractivity contribution >= 4 is 22.9 Å². The molecule has 0 aliphatic heterocycles. The molecular weight excluding hydrogens is 245 g/mol. The molecule has 1 aromatic carbocycles. The molecule has 84 valence electrons. The third-order valence-corrected chi connectivity index (χ3v) is 3.36. The van der Waals surface area contributed by atoms with E-state index in [0.717, 1.165) is 12.1 Å². The average molecular weight is 256 g/mol. The second kappa shape index (κ2) is 5.43. The molecule has 0 aliphatic carbocycles. The zero-order chi connectivity index (χ0) is 11.4. The molecule has 0 atom stereocenters. The molecule has 2 aromatic rings. The Kier molecular flexibility index (Phi) is 3.93. The van der Waals surface area contributed by atoms with Gasteiger partial charge in [0.2, 0.25) is 0 Å². The summed E-state index contributed by atoms with van der Waals surface area (Å²) in [6.45, 7) is 1.52. The van der Waals surface area contributed by atoms with Gasteiger partial charge >= 0.3 is 0 Å². The number of benzene rings is 1. The van der Waals surface area contributed by atoms with Gasteiger partial charge in [0.1, 0.15) is 5.82 Å². The summed E-state index contributed by atoms with van der Waals surface area (Å²) >= 11 is 7.41. The van der Waals surface area contributed by atoms with Crippen molar-refractivity contribution < 1.29 is 4.39 Å². The van der Waals surface area contributed by atoms with Crippen molar-refractivity contribution in [3.63, 3.8) is 0 Å². The Bertz CT molecular complexity index is 456. The molecule has 0 saturated heterocycles. The Morgan fingerprint density at radius 2 is 2.12 bits per heavy atom. The van der Waals surface area contributed by atoms with Crippen molar-refractivity contribution in [1.82, 2.24) is 5.32 Å². The quantitative estimate of drug-likeness (QED) is 0.876. The molecule has 1 aromatic heterocycles. The van der Waals surface area contributed by atoms with E-state index in [4.69, 9.17) is 11.6 Å². The number of hydrogen-bond acceptors (Lipinski definition) is 2. The largest absolute Gasteiger partial charge is 0.308 e. The van der Waals surface area contributed by atoms with Crippen LogP contribution < -0.4 is 5.32 Å². The Balaban J connectivity index is 1.87. The predicted molar refractivity (Wildman–Crippen MR) is 66.3 cm³/mol. The van der Waals surface area contributed by atoms with E-state index >= 15 is 0 Å². The summed E-state index contributed by atoms with van der Waals surface area (Å²) in [6.07, 6.45) is 0. The highest BCUT2D eigenvalue weighted by Gasteiger charge is 2.00. The zero-order valence-corrected chi connectivity index (χ0v) is 10.1. The van der Waals surface area contributed by atoms with Crippen LogP contribution in [0.25, 0.3) is 0 Å². The summed E-state index contributed by atoms with van der Waals surface area (Å²) < 4.78 is 12.9. The number of nitrogens with one attached hydrogen (secondary N) is 1. The molecule has 16 heavy (non-hydrogen) atoms. The topological polar surface area (TPSA) is 12.0 Å². The Labute approximate surface area is 103 Å². The van der Waals surface area contributed by atoms with Gasteiger partial charge in [0, 0.05) is 18.0 Å². The van der Waals surface area contributed by atoms with E-state index in [9.17, 15) is 4.39 Å². The van der Waals surface area contributed by atoms with E-state index in [1.165, 1.54) is 10.9 Å². The summed E-state index contributed by atoms with van der Waals surface area (Å²) in [6, 6.07) is 8.89. The van der Waals surface area contributed by atoms with Gasteiger partial charge in [-0.05, 0) is 29.1 Å². The van der Waals surface area contributed by atoms with Gasteiger partial charge in [0.25, 0.3) is 0 Å². The number of halogens is 2. The molecule has 1 nitrogen and oxygen atoms in total. The summed E-state index contributed by atoms with van der Waals surface area (Å²) in [5, 5.41) is 5.50. The molecule has 0 radical (unpaired) electrons. The molecule has 0 spiro atoms. The molecule has 1 heterocycles. The minimum atomic E-state index is -0.372. The van der Waals surface area contributed by atoms with Crippen molar-refractivity contribution in [2.75, 3.05) is 0 Å². The molecule has 0 saturated carbocycles. The van der Waals surface area contributed by atoms with Gasteiger partial charge in [-0.3, -0.25) is 0 Å². The second-order valence-corrected chi connectivity index (χ2v) is 4.87. The van der Waals surface area contributed by atoms with Gasteiger partial charge in [0.15, 0.2) is 0 Å². The van der Waals surface area contributed by atoms with Gasteiger partial charge in [-0.15, -0.1) is 11.3 Å². The maximum Gasteiger partial charge on any atom is 0.141 e. The van der Waals surface area contributed by atoms with Crippen LogP contribution in [0.2, 0.25) is 5.02 Å². The Hall–Kier alpha value is -0.900. The maximum atomic E-state index is 12.9. The lowest BCUT2D eigenvalue weighted by atomic mass is 10.2. The standard InChI is InChI=1S/C12H11ClFNS/c13-11-6-9(3-4-12(11)14)7-15-8-10-2-1-5-16-10/h1-6,15H,7-8H2. The van der Waals surface area contributed by atoms with E-state index in [0.29, 0.717) is 6.54 Å². The number of hydrogen-bond donors (Lipinski definition) is 1. The summed E-state index contributed by atoms with van der Waals surface area (Å²) in [5.41, 5.74) is 0.989. The monoisotopic (exact) mass is 255 g/mol. The van der Waals surface area contributed by atoms with Crippen LogP contribution in [0.5, 0.6) is 0 Å². The van der Waals surface area contributed by atoms with Crippen LogP contribution in [0.15, 0.2) is 35.7 Å². The Morgan fingerprint density at radius 1 is 1.25 bits per heavy atom. The van der Waals surface area contributed by atoms with Crippen molar-refractivity contribution in [2.45, 2.75) is 13.1 Å². The molecule has 4 heteroatoms. The average Bonchev–Trinajstić information content (AvgIpc) is 2.76. The highest BCUT2D eigenvalue weighted by atomic mass is 35.5. The lowest BCUT2D eigenvalue weighted by Crippen LogP contribution is -2.11. The minimum Gasteiger partial charge on any atom is -0.308 e. The van der Waals surface area contributed by atoms with Crippen LogP contribution in [-0.2, 0) is 13.1 Å². The van der Waals surface area contributed by atoms with Gasteiger partial charge in [-0.25, -0.2) is 4.39 Å². The smallest absolute Gasteiger partial charge is 0.141 e. The fourth-order valence-electron chi connectivity index (χ4n) is 1.39. The minimum absolute atomic E-state index is 0.176. The molecule has 0 bridgehead atoms. The van der Waals surface area contributed by atoms with Crippen LogP contribution in [0.3, 0.4) is 0 Å².